The van der Waals surface area contributed by atoms with E-state index in [0.29, 0.717) is 36.2 Å². The standard InChI is InChI=1S/C20H20F2N4O3/c1-27-14-7-15(28-2)18(22)16(17(14)21)12-6-11-8-24-20(23)26-19(11)13(25-12)5-10-3-4-29-9-10/h6-8,10H,3-5,9H2,1-2H3,(H2,23,24,26). The predicted molar refractivity (Wildman–Crippen MR) is 103 cm³/mol. The summed E-state index contributed by atoms with van der Waals surface area (Å²) in [7, 11) is 2.60. The summed E-state index contributed by atoms with van der Waals surface area (Å²) in [4.78, 5) is 12.9. The maximum atomic E-state index is 15.0. The number of halogens is 2. The van der Waals surface area contributed by atoms with E-state index in [1.807, 2.05) is 0 Å². The van der Waals surface area contributed by atoms with Crippen LogP contribution in [0.5, 0.6) is 11.5 Å². The second kappa shape index (κ2) is 7.75. The number of nitrogens with two attached hydrogens (primary N) is 1. The minimum absolute atomic E-state index is 0.104. The summed E-state index contributed by atoms with van der Waals surface area (Å²) in [5.41, 5.74) is 6.67. The molecule has 1 fully saturated rings. The summed E-state index contributed by atoms with van der Waals surface area (Å²) < 4.78 is 45.5. The van der Waals surface area contributed by atoms with Crippen molar-refractivity contribution in [2.45, 2.75) is 12.8 Å². The number of fused-ring (bicyclic) bond motifs is 1. The van der Waals surface area contributed by atoms with Gasteiger partial charge in [-0.05, 0) is 24.8 Å². The van der Waals surface area contributed by atoms with Crippen LogP contribution in [-0.4, -0.2) is 42.4 Å². The van der Waals surface area contributed by atoms with E-state index >= 15 is 8.78 Å². The average Bonchev–Trinajstić information content (AvgIpc) is 3.22. The van der Waals surface area contributed by atoms with Gasteiger partial charge < -0.3 is 19.9 Å². The number of nitrogens with zero attached hydrogens (tertiary/aromatic N) is 3. The zero-order valence-corrected chi connectivity index (χ0v) is 16.0. The Hall–Kier alpha value is -3.07. The van der Waals surface area contributed by atoms with Crippen molar-refractivity contribution < 1.29 is 23.0 Å². The minimum Gasteiger partial charge on any atom is -0.494 e. The van der Waals surface area contributed by atoms with Gasteiger partial charge in [-0.25, -0.2) is 18.7 Å². The smallest absolute Gasteiger partial charge is 0.220 e. The van der Waals surface area contributed by atoms with Gasteiger partial charge in [0.1, 0.15) is 0 Å². The van der Waals surface area contributed by atoms with Gasteiger partial charge in [0, 0.05) is 30.9 Å². The Morgan fingerprint density at radius 2 is 1.86 bits per heavy atom. The van der Waals surface area contributed by atoms with E-state index in [2.05, 4.69) is 15.0 Å². The molecule has 3 aromatic rings. The van der Waals surface area contributed by atoms with Gasteiger partial charge in [0.05, 0.1) is 36.7 Å². The molecule has 0 radical (unpaired) electrons. The highest BCUT2D eigenvalue weighted by atomic mass is 19.1. The molecule has 0 saturated carbocycles. The second-order valence-electron chi connectivity index (χ2n) is 6.84. The van der Waals surface area contributed by atoms with E-state index in [1.165, 1.54) is 26.5 Å². The molecule has 0 amide bonds. The van der Waals surface area contributed by atoms with E-state index in [-0.39, 0.29) is 34.6 Å². The molecule has 1 aromatic carbocycles. The molecule has 0 bridgehead atoms. The van der Waals surface area contributed by atoms with Crippen LogP contribution in [0.3, 0.4) is 0 Å². The zero-order chi connectivity index (χ0) is 20.5. The van der Waals surface area contributed by atoms with E-state index in [0.717, 1.165) is 12.5 Å². The third-order valence-electron chi connectivity index (χ3n) is 4.99. The Balaban J connectivity index is 1.94. The number of pyridine rings is 1. The van der Waals surface area contributed by atoms with Gasteiger partial charge in [-0.1, -0.05) is 0 Å². The van der Waals surface area contributed by atoms with Gasteiger partial charge in [0.15, 0.2) is 23.1 Å². The normalized spacial score (nSPS) is 16.3. The predicted octanol–water partition coefficient (Wildman–Crippen LogP) is 3.15. The lowest BCUT2D eigenvalue weighted by Crippen LogP contribution is -2.09. The van der Waals surface area contributed by atoms with Crippen LogP contribution in [0.1, 0.15) is 12.1 Å². The van der Waals surface area contributed by atoms with E-state index < -0.39 is 11.6 Å². The van der Waals surface area contributed by atoms with E-state index in [4.69, 9.17) is 19.9 Å². The summed E-state index contributed by atoms with van der Waals surface area (Å²) >= 11 is 0. The van der Waals surface area contributed by atoms with Gasteiger partial charge in [-0.2, -0.15) is 0 Å². The van der Waals surface area contributed by atoms with Crippen molar-refractivity contribution in [3.05, 3.63) is 35.7 Å². The highest BCUT2D eigenvalue weighted by Gasteiger charge is 2.25. The first-order valence-corrected chi connectivity index (χ1v) is 9.12. The number of nitrogen functional groups attached to an aromatic ring is 1. The number of benzene rings is 1. The Labute approximate surface area is 165 Å². The molecule has 2 N–H and O–H groups in total. The van der Waals surface area contributed by atoms with Crippen molar-refractivity contribution >= 4 is 16.9 Å². The zero-order valence-electron chi connectivity index (χ0n) is 16.0. The van der Waals surface area contributed by atoms with Gasteiger partial charge in [0.2, 0.25) is 5.95 Å². The van der Waals surface area contributed by atoms with Crippen LogP contribution in [0.25, 0.3) is 22.2 Å². The molecule has 2 aromatic heterocycles. The summed E-state index contributed by atoms with van der Waals surface area (Å²) in [6, 6.07) is 2.69. The fourth-order valence-electron chi connectivity index (χ4n) is 3.52. The van der Waals surface area contributed by atoms with Crippen molar-refractivity contribution in [1.82, 2.24) is 15.0 Å². The van der Waals surface area contributed by atoms with Crippen molar-refractivity contribution in [3.63, 3.8) is 0 Å². The van der Waals surface area contributed by atoms with Crippen LogP contribution in [0.4, 0.5) is 14.7 Å². The topological polar surface area (TPSA) is 92.4 Å². The molecule has 1 unspecified atom stereocenters. The Bertz CT molecular complexity index is 1040. The van der Waals surface area contributed by atoms with Gasteiger partial charge in [-0.15, -0.1) is 0 Å². The lowest BCUT2D eigenvalue weighted by molar-refractivity contribution is 0.185. The molecule has 1 aliphatic rings. The molecule has 9 heteroatoms. The highest BCUT2D eigenvalue weighted by Crippen LogP contribution is 2.38. The summed E-state index contributed by atoms with van der Waals surface area (Å²) in [5, 5.41) is 0.582. The van der Waals surface area contributed by atoms with Crippen molar-refractivity contribution in [1.29, 1.82) is 0 Å². The molecule has 1 atom stereocenters. The van der Waals surface area contributed by atoms with Crippen LogP contribution in [-0.2, 0) is 11.2 Å². The second-order valence-corrected chi connectivity index (χ2v) is 6.84. The molecule has 4 rings (SSSR count). The first-order chi connectivity index (χ1) is 14.0. The number of hydrogen-bond acceptors (Lipinski definition) is 7. The van der Waals surface area contributed by atoms with Crippen molar-refractivity contribution in [2.75, 3.05) is 33.2 Å². The van der Waals surface area contributed by atoms with Gasteiger partial charge in [-0.3, -0.25) is 4.98 Å². The van der Waals surface area contributed by atoms with E-state index in [1.54, 1.807) is 0 Å². The molecule has 1 saturated heterocycles. The van der Waals surface area contributed by atoms with Crippen molar-refractivity contribution in [3.8, 4) is 22.8 Å². The maximum Gasteiger partial charge on any atom is 0.220 e. The largest absolute Gasteiger partial charge is 0.494 e. The van der Waals surface area contributed by atoms with Crippen LogP contribution < -0.4 is 15.2 Å². The molecule has 1 aliphatic heterocycles. The molecule has 0 aliphatic carbocycles. The molecule has 3 heterocycles. The van der Waals surface area contributed by atoms with Crippen molar-refractivity contribution in [2.24, 2.45) is 5.92 Å². The Morgan fingerprint density at radius 3 is 2.48 bits per heavy atom. The number of anilines is 1. The number of rotatable bonds is 5. The average molecular weight is 402 g/mol. The fraction of sp³-hybridized carbons (Fsp3) is 0.350. The Kier molecular flexibility index (Phi) is 5.14. The van der Waals surface area contributed by atoms with Crippen LogP contribution >= 0.6 is 0 Å². The van der Waals surface area contributed by atoms with Crippen LogP contribution in [0, 0.1) is 17.6 Å². The summed E-state index contributed by atoms with van der Waals surface area (Å²) in [5.74, 6) is -1.64. The number of hydrogen-bond donors (Lipinski definition) is 1. The number of aromatic nitrogens is 3. The quantitative estimate of drug-likeness (QED) is 0.701. The first kappa shape index (κ1) is 19.3. The van der Waals surface area contributed by atoms with Gasteiger partial charge in [0.25, 0.3) is 0 Å². The maximum absolute atomic E-state index is 15.0. The third kappa shape index (κ3) is 3.53. The lowest BCUT2D eigenvalue weighted by Gasteiger charge is -2.15. The summed E-state index contributed by atoms with van der Waals surface area (Å²) in [6.07, 6.45) is 2.94. The van der Waals surface area contributed by atoms with E-state index in [9.17, 15) is 0 Å². The highest BCUT2D eigenvalue weighted by molar-refractivity contribution is 5.85. The first-order valence-electron chi connectivity index (χ1n) is 9.12. The molecular weight excluding hydrogens is 382 g/mol. The molecule has 152 valence electrons. The molecule has 7 nitrogen and oxygen atoms in total. The minimum atomic E-state index is -0.857. The van der Waals surface area contributed by atoms with Crippen LogP contribution in [0.15, 0.2) is 18.3 Å². The fourth-order valence-corrected chi connectivity index (χ4v) is 3.52. The number of ether oxygens (including phenoxy) is 3. The van der Waals surface area contributed by atoms with Gasteiger partial charge >= 0.3 is 0 Å². The monoisotopic (exact) mass is 402 g/mol. The SMILES string of the molecule is COc1cc(OC)c(F)c(-c2cc3cnc(N)nc3c(CC3CCOC3)n2)c1F. The third-order valence-corrected chi connectivity index (χ3v) is 4.99. The lowest BCUT2D eigenvalue weighted by atomic mass is 9.99. The number of methoxy groups -OCH3 is 2. The Morgan fingerprint density at radius 1 is 1.14 bits per heavy atom. The van der Waals surface area contributed by atoms with Crippen LogP contribution in [0.2, 0.25) is 0 Å². The summed E-state index contributed by atoms with van der Waals surface area (Å²) in [6.45, 7) is 1.28. The molecule has 29 heavy (non-hydrogen) atoms. The molecule has 0 spiro atoms. The molecular formula is C20H20F2N4O3.